The molecule has 0 amide bonds. The Morgan fingerprint density at radius 2 is 1.89 bits per heavy atom. The van der Waals surface area contributed by atoms with Crippen LogP contribution in [0.5, 0.6) is 6.01 Å². The normalized spacial score (nSPS) is 14.0. The van der Waals surface area contributed by atoms with Crippen molar-refractivity contribution in [3.8, 4) is 17.1 Å². The summed E-state index contributed by atoms with van der Waals surface area (Å²) in [5.74, 6) is 0. The maximum Gasteiger partial charge on any atom is 0.316 e. The van der Waals surface area contributed by atoms with Crippen LogP contribution in [0.15, 0.2) is 18.5 Å². The lowest BCUT2D eigenvalue weighted by Gasteiger charge is -2.18. The molecule has 0 fully saturated rings. The van der Waals surface area contributed by atoms with Gasteiger partial charge in [0.1, 0.15) is 5.15 Å². The first kappa shape index (κ1) is 12.4. The van der Waals surface area contributed by atoms with E-state index in [1.807, 2.05) is 6.07 Å². The van der Waals surface area contributed by atoms with Gasteiger partial charge in [-0.05, 0) is 42.9 Å². The summed E-state index contributed by atoms with van der Waals surface area (Å²) < 4.78 is 4.98. The largest absolute Gasteiger partial charge is 0.467 e. The lowest BCUT2D eigenvalue weighted by molar-refractivity contribution is 0.380. The van der Waals surface area contributed by atoms with E-state index < -0.39 is 0 Å². The summed E-state index contributed by atoms with van der Waals surface area (Å²) >= 11 is 6.11. The van der Waals surface area contributed by atoms with Gasteiger partial charge in [-0.25, -0.2) is 15.0 Å². The lowest BCUT2D eigenvalue weighted by Crippen LogP contribution is -2.07. The highest BCUT2D eigenvalue weighted by molar-refractivity contribution is 6.29. The molecule has 0 unspecified atom stereocenters. The van der Waals surface area contributed by atoms with Crippen molar-refractivity contribution in [2.75, 3.05) is 7.11 Å². The standard InChI is InChI=1S/C14H14ClN3O/c1-19-14-16-7-9(8-17-14)11-6-13(15)18-12-5-3-2-4-10(11)12/h6-8H,2-5H2,1H3. The minimum atomic E-state index is 0.373. The summed E-state index contributed by atoms with van der Waals surface area (Å²) in [6.07, 6.45) is 7.96. The van der Waals surface area contributed by atoms with Crippen LogP contribution < -0.4 is 4.74 Å². The van der Waals surface area contributed by atoms with Crippen molar-refractivity contribution in [3.05, 3.63) is 34.9 Å². The van der Waals surface area contributed by atoms with E-state index in [0.717, 1.165) is 29.7 Å². The van der Waals surface area contributed by atoms with Crippen molar-refractivity contribution in [3.63, 3.8) is 0 Å². The maximum atomic E-state index is 6.11. The van der Waals surface area contributed by atoms with Gasteiger partial charge in [-0.1, -0.05) is 11.6 Å². The highest BCUT2D eigenvalue weighted by Crippen LogP contribution is 2.32. The number of hydrogen-bond donors (Lipinski definition) is 0. The molecule has 0 radical (unpaired) electrons. The number of methoxy groups -OCH3 is 1. The van der Waals surface area contributed by atoms with E-state index >= 15 is 0 Å². The number of rotatable bonds is 2. The number of hydrogen-bond acceptors (Lipinski definition) is 4. The lowest BCUT2D eigenvalue weighted by atomic mass is 9.90. The summed E-state index contributed by atoms with van der Waals surface area (Å²) in [6, 6.07) is 2.27. The molecule has 3 rings (SSSR count). The van der Waals surface area contributed by atoms with Crippen LogP contribution >= 0.6 is 11.6 Å². The third kappa shape index (κ3) is 2.40. The zero-order chi connectivity index (χ0) is 13.2. The van der Waals surface area contributed by atoms with Crippen molar-refractivity contribution >= 4 is 11.6 Å². The van der Waals surface area contributed by atoms with E-state index in [0.29, 0.717) is 11.2 Å². The summed E-state index contributed by atoms with van der Waals surface area (Å²) in [7, 11) is 1.56. The van der Waals surface area contributed by atoms with Crippen molar-refractivity contribution in [1.29, 1.82) is 0 Å². The van der Waals surface area contributed by atoms with Gasteiger partial charge in [0.25, 0.3) is 0 Å². The fourth-order valence-electron chi connectivity index (χ4n) is 2.49. The molecule has 19 heavy (non-hydrogen) atoms. The Kier molecular flexibility index (Phi) is 3.34. The molecule has 1 aliphatic carbocycles. The molecule has 2 aromatic heterocycles. The SMILES string of the molecule is COc1ncc(-c2cc(Cl)nc3c2CCCC3)cn1. The van der Waals surface area contributed by atoms with Crippen molar-refractivity contribution in [2.24, 2.45) is 0 Å². The van der Waals surface area contributed by atoms with Gasteiger partial charge in [0.15, 0.2) is 0 Å². The van der Waals surface area contributed by atoms with Crippen LogP contribution in [0.1, 0.15) is 24.1 Å². The quantitative estimate of drug-likeness (QED) is 0.790. The molecule has 0 saturated heterocycles. The minimum absolute atomic E-state index is 0.373. The fourth-order valence-corrected chi connectivity index (χ4v) is 2.70. The van der Waals surface area contributed by atoms with E-state index in [4.69, 9.17) is 16.3 Å². The second kappa shape index (κ2) is 5.13. The topological polar surface area (TPSA) is 47.9 Å². The van der Waals surface area contributed by atoms with Crippen LogP contribution in [0.3, 0.4) is 0 Å². The summed E-state index contributed by atoms with van der Waals surface area (Å²) in [6.45, 7) is 0. The van der Waals surface area contributed by atoms with Gasteiger partial charge in [-0.3, -0.25) is 0 Å². The average molecular weight is 276 g/mol. The monoisotopic (exact) mass is 275 g/mol. The van der Waals surface area contributed by atoms with Crippen molar-refractivity contribution in [2.45, 2.75) is 25.7 Å². The van der Waals surface area contributed by atoms with E-state index in [2.05, 4.69) is 15.0 Å². The smallest absolute Gasteiger partial charge is 0.316 e. The van der Waals surface area contributed by atoms with Crippen LogP contribution in [0, 0.1) is 0 Å². The van der Waals surface area contributed by atoms with Crippen LogP contribution in [-0.4, -0.2) is 22.1 Å². The second-order valence-corrected chi connectivity index (χ2v) is 4.97. The number of halogens is 1. The highest BCUT2D eigenvalue weighted by atomic mass is 35.5. The molecule has 0 aromatic carbocycles. The molecule has 0 N–H and O–H groups in total. The fraction of sp³-hybridized carbons (Fsp3) is 0.357. The summed E-state index contributed by atoms with van der Waals surface area (Å²) in [4.78, 5) is 12.7. The van der Waals surface area contributed by atoms with E-state index in [1.165, 1.54) is 18.4 Å². The van der Waals surface area contributed by atoms with Gasteiger partial charge >= 0.3 is 6.01 Å². The highest BCUT2D eigenvalue weighted by Gasteiger charge is 2.17. The number of aryl methyl sites for hydroxylation is 1. The molecule has 4 nitrogen and oxygen atoms in total. The van der Waals surface area contributed by atoms with Gasteiger partial charge in [0, 0.05) is 23.7 Å². The predicted octanol–water partition coefficient (Wildman–Crippen LogP) is 3.08. The van der Waals surface area contributed by atoms with E-state index in [1.54, 1.807) is 19.5 Å². The first-order chi connectivity index (χ1) is 9.28. The van der Waals surface area contributed by atoms with Crippen LogP contribution in [0.25, 0.3) is 11.1 Å². The average Bonchev–Trinajstić information content (AvgIpc) is 2.46. The van der Waals surface area contributed by atoms with Gasteiger partial charge < -0.3 is 4.74 Å². The Labute approximate surface area is 116 Å². The number of ether oxygens (including phenoxy) is 1. The Morgan fingerprint density at radius 1 is 1.16 bits per heavy atom. The molecular weight excluding hydrogens is 262 g/mol. The Hall–Kier alpha value is -1.68. The summed E-state index contributed by atoms with van der Waals surface area (Å²) in [5.41, 5.74) is 4.45. The third-order valence-corrected chi connectivity index (χ3v) is 3.58. The molecule has 1 aliphatic rings. The number of nitrogens with zero attached hydrogens (tertiary/aromatic N) is 3. The molecule has 0 spiro atoms. The molecule has 0 aliphatic heterocycles. The van der Waals surface area contributed by atoms with E-state index in [-0.39, 0.29) is 0 Å². The predicted molar refractivity (Wildman–Crippen MR) is 73.5 cm³/mol. The molecular formula is C14H14ClN3O. The molecule has 2 heterocycles. The van der Waals surface area contributed by atoms with Crippen LogP contribution in [0.2, 0.25) is 5.15 Å². The Morgan fingerprint density at radius 3 is 2.63 bits per heavy atom. The number of aromatic nitrogens is 3. The minimum Gasteiger partial charge on any atom is -0.467 e. The Balaban J connectivity index is 2.10. The third-order valence-electron chi connectivity index (χ3n) is 3.39. The van der Waals surface area contributed by atoms with Gasteiger partial charge in [-0.15, -0.1) is 0 Å². The van der Waals surface area contributed by atoms with E-state index in [9.17, 15) is 0 Å². The maximum absolute atomic E-state index is 6.11. The zero-order valence-electron chi connectivity index (χ0n) is 10.7. The van der Waals surface area contributed by atoms with Crippen molar-refractivity contribution in [1.82, 2.24) is 15.0 Å². The first-order valence-corrected chi connectivity index (χ1v) is 6.70. The summed E-state index contributed by atoms with van der Waals surface area (Å²) in [5, 5.41) is 0.534. The first-order valence-electron chi connectivity index (χ1n) is 6.32. The molecule has 0 atom stereocenters. The molecule has 2 aromatic rings. The van der Waals surface area contributed by atoms with Gasteiger partial charge in [0.2, 0.25) is 0 Å². The number of fused-ring (bicyclic) bond motifs is 1. The number of pyridine rings is 1. The van der Waals surface area contributed by atoms with Crippen LogP contribution in [-0.2, 0) is 12.8 Å². The van der Waals surface area contributed by atoms with Gasteiger partial charge in [-0.2, -0.15) is 0 Å². The molecule has 5 heteroatoms. The zero-order valence-corrected chi connectivity index (χ0v) is 11.4. The van der Waals surface area contributed by atoms with Crippen molar-refractivity contribution < 1.29 is 4.74 Å². The van der Waals surface area contributed by atoms with Crippen LogP contribution in [0.4, 0.5) is 0 Å². The van der Waals surface area contributed by atoms with Gasteiger partial charge in [0.05, 0.1) is 7.11 Å². The Bertz CT molecular complexity index is 598. The molecule has 98 valence electrons. The second-order valence-electron chi connectivity index (χ2n) is 4.58. The molecule has 0 saturated carbocycles. The molecule has 0 bridgehead atoms.